The zero-order chi connectivity index (χ0) is 16.2. The van der Waals surface area contributed by atoms with Crippen molar-refractivity contribution in [2.75, 3.05) is 12.3 Å². The van der Waals surface area contributed by atoms with Crippen LogP contribution in [0.25, 0.3) is 11.5 Å². The molecule has 0 spiro atoms. The molecule has 1 aromatic carbocycles. The van der Waals surface area contributed by atoms with E-state index in [0.717, 1.165) is 0 Å². The summed E-state index contributed by atoms with van der Waals surface area (Å²) in [5.41, 5.74) is 1.11. The Morgan fingerprint density at radius 3 is 2.57 bits per heavy atom. The normalized spacial score (nSPS) is 10.7. The highest BCUT2D eigenvalue weighted by Gasteiger charge is 2.19. The van der Waals surface area contributed by atoms with Crippen molar-refractivity contribution < 1.29 is 9.18 Å². The maximum absolute atomic E-state index is 13.1. The third kappa shape index (κ3) is 3.14. The Kier molecular flexibility index (Phi) is 4.47. The number of thiol groups is 1. The highest BCUT2D eigenvalue weighted by Crippen LogP contribution is 2.20. The maximum Gasteiger partial charge on any atom is 0.256 e. The lowest BCUT2D eigenvalue weighted by Gasteiger charge is -2.11. The second-order valence-corrected chi connectivity index (χ2v) is 5.29. The Morgan fingerprint density at radius 1 is 1.22 bits per heavy atom. The number of halogens is 1. The van der Waals surface area contributed by atoms with E-state index in [1.807, 2.05) is 24.5 Å². The summed E-state index contributed by atoms with van der Waals surface area (Å²) in [4.78, 5) is 12.3. The van der Waals surface area contributed by atoms with Gasteiger partial charge in [0.05, 0.1) is 11.9 Å². The molecular weight excluding hydrogens is 315 g/mol. The fourth-order valence-electron chi connectivity index (χ4n) is 2.26. The molecule has 0 unspecified atom stereocenters. The van der Waals surface area contributed by atoms with Crippen LogP contribution in [0.1, 0.15) is 10.4 Å². The standard InChI is InChI=1S/C16H15FN4OS/c17-12-3-5-13(6-4-12)21-16(20-8-1-2-9-20)14(11-19-21)15(22)18-7-10-23/h1-6,8-9,11,23H,7,10H2,(H,18,22). The lowest BCUT2D eigenvalue weighted by molar-refractivity contribution is 0.0956. The molecule has 0 saturated carbocycles. The Morgan fingerprint density at radius 2 is 1.91 bits per heavy atom. The largest absolute Gasteiger partial charge is 0.351 e. The molecule has 2 aromatic heterocycles. The van der Waals surface area contributed by atoms with Crippen molar-refractivity contribution >= 4 is 18.5 Å². The molecule has 7 heteroatoms. The van der Waals surface area contributed by atoms with Crippen LogP contribution in [0.4, 0.5) is 4.39 Å². The molecule has 1 N–H and O–H groups in total. The molecule has 0 atom stereocenters. The van der Waals surface area contributed by atoms with Gasteiger partial charge in [0.2, 0.25) is 0 Å². The van der Waals surface area contributed by atoms with E-state index in [-0.39, 0.29) is 11.7 Å². The smallest absolute Gasteiger partial charge is 0.256 e. The van der Waals surface area contributed by atoms with Gasteiger partial charge in [-0.2, -0.15) is 17.7 Å². The first kappa shape index (κ1) is 15.4. The molecule has 2 heterocycles. The number of carbonyl (C=O) groups excluding carboxylic acids is 1. The third-order valence-electron chi connectivity index (χ3n) is 3.31. The van der Waals surface area contributed by atoms with E-state index in [2.05, 4.69) is 23.0 Å². The summed E-state index contributed by atoms with van der Waals surface area (Å²) in [5, 5.41) is 7.08. The Bertz CT molecular complexity index is 796. The summed E-state index contributed by atoms with van der Waals surface area (Å²) in [5.74, 6) is 0.598. The molecule has 5 nitrogen and oxygen atoms in total. The first-order valence-corrected chi connectivity index (χ1v) is 7.70. The van der Waals surface area contributed by atoms with E-state index in [0.29, 0.717) is 29.4 Å². The topological polar surface area (TPSA) is 51.9 Å². The summed E-state index contributed by atoms with van der Waals surface area (Å²) >= 11 is 4.09. The van der Waals surface area contributed by atoms with Crippen LogP contribution in [0.2, 0.25) is 0 Å². The molecular formula is C16H15FN4OS. The van der Waals surface area contributed by atoms with E-state index in [1.165, 1.54) is 18.3 Å². The van der Waals surface area contributed by atoms with Gasteiger partial charge in [0.15, 0.2) is 5.82 Å². The minimum Gasteiger partial charge on any atom is -0.351 e. The molecule has 0 radical (unpaired) electrons. The molecule has 118 valence electrons. The SMILES string of the molecule is O=C(NCCS)c1cnn(-c2ccc(F)cc2)c1-n1cccc1. The van der Waals surface area contributed by atoms with Gasteiger partial charge in [-0.1, -0.05) is 0 Å². The van der Waals surface area contributed by atoms with Gasteiger partial charge < -0.3 is 9.88 Å². The van der Waals surface area contributed by atoms with Gasteiger partial charge in [0.1, 0.15) is 11.4 Å². The number of nitrogens with zero attached hydrogens (tertiary/aromatic N) is 3. The minimum absolute atomic E-state index is 0.226. The van der Waals surface area contributed by atoms with E-state index in [4.69, 9.17) is 0 Å². The van der Waals surface area contributed by atoms with Gasteiger partial charge in [0, 0.05) is 24.7 Å². The van der Waals surface area contributed by atoms with E-state index < -0.39 is 0 Å². The van der Waals surface area contributed by atoms with Crippen molar-refractivity contribution in [2.24, 2.45) is 0 Å². The fraction of sp³-hybridized carbons (Fsp3) is 0.125. The lowest BCUT2D eigenvalue weighted by Crippen LogP contribution is -2.26. The van der Waals surface area contributed by atoms with Gasteiger partial charge in [-0.3, -0.25) is 4.79 Å². The quantitative estimate of drug-likeness (QED) is 0.706. The molecule has 1 amide bonds. The van der Waals surface area contributed by atoms with Crippen molar-refractivity contribution in [2.45, 2.75) is 0 Å². The number of amides is 1. The van der Waals surface area contributed by atoms with Gasteiger partial charge >= 0.3 is 0 Å². The van der Waals surface area contributed by atoms with Crippen molar-refractivity contribution in [3.63, 3.8) is 0 Å². The molecule has 0 bridgehead atoms. The summed E-state index contributed by atoms with van der Waals surface area (Å²) in [7, 11) is 0. The van der Waals surface area contributed by atoms with Crippen LogP contribution < -0.4 is 5.32 Å². The van der Waals surface area contributed by atoms with Crippen LogP contribution in [0.3, 0.4) is 0 Å². The Hall–Kier alpha value is -2.54. The van der Waals surface area contributed by atoms with Crippen molar-refractivity contribution in [3.05, 3.63) is 66.4 Å². The Labute approximate surface area is 138 Å². The molecule has 0 aliphatic rings. The highest BCUT2D eigenvalue weighted by molar-refractivity contribution is 7.80. The van der Waals surface area contributed by atoms with Gasteiger partial charge in [-0.15, -0.1) is 0 Å². The van der Waals surface area contributed by atoms with Crippen molar-refractivity contribution in [1.29, 1.82) is 0 Å². The van der Waals surface area contributed by atoms with E-state index in [9.17, 15) is 9.18 Å². The predicted molar refractivity (Wildman–Crippen MR) is 89.0 cm³/mol. The predicted octanol–water partition coefficient (Wildman–Crippen LogP) is 2.46. The van der Waals surface area contributed by atoms with Crippen LogP contribution in [-0.2, 0) is 0 Å². The second kappa shape index (κ2) is 6.70. The van der Waals surface area contributed by atoms with Crippen LogP contribution in [-0.4, -0.2) is 32.6 Å². The number of hydrogen-bond acceptors (Lipinski definition) is 3. The molecule has 3 rings (SSSR count). The number of carbonyl (C=O) groups is 1. The van der Waals surface area contributed by atoms with Crippen LogP contribution in [0.15, 0.2) is 55.0 Å². The number of hydrogen-bond donors (Lipinski definition) is 2. The molecule has 0 saturated heterocycles. The molecule has 3 aromatic rings. The highest BCUT2D eigenvalue weighted by atomic mass is 32.1. The number of nitrogens with one attached hydrogen (secondary N) is 1. The van der Waals surface area contributed by atoms with Gasteiger partial charge in [0.25, 0.3) is 5.91 Å². The molecule has 0 fully saturated rings. The average Bonchev–Trinajstić information content (AvgIpc) is 3.22. The molecule has 23 heavy (non-hydrogen) atoms. The first-order chi connectivity index (χ1) is 11.2. The second-order valence-electron chi connectivity index (χ2n) is 4.84. The van der Waals surface area contributed by atoms with Crippen molar-refractivity contribution in [3.8, 4) is 11.5 Å². The minimum atomic E-state index is -0.324. The maximum atomic E-state index is 13.1. The monoisotopic (exact) mass is 330 g/mol. The fourth-order valence-corrected chi connectivity index (χ4v) is 2.37. The van der Waals surface area contributed by atoms with Crippen LogP contribution >= 0.6 is 12.6 Å². The first-order valence-electron chi connectivity index (χ1n) is 7.07. The number of benzene rings is 1. The van der Waals surface area contributed by atoms with Crippen molar-refractivity contribution in [1.82, 2.24) is 19.7 Å². The van der Waals surface area contributed by atoms with E-state index in [1.54, 1.807) is 21.4 Å². The summed E-state index contributed by atoms with van der Waals surface area (Å²) < 4.78 is 16.5. The summed E-state index contributed by atoms with van der Waals surface area (Å²) in [6.07, 6.45) is 5.16. The average molecular weight is 330 g/mol. The Balaban J connectivity index is 2.08. The van der Waals surface area contributed by atoms with E-state index >= 15 is 0 Å². The summed E-state index contributed by atoms with van der Waals surface area (Å²) in [6.45, 7) is 0.467. The zero-order valence-corrected chi connectivity index (χ0v) is 13.1. The molecule has 0 aliphatic heterocycles. The van der Waals surface area contributed by atoms with Gasteiger partial charge in [-0.05, 0) is 36.4 Å². The van der Waals surface area contributed by atoms with Crippen LogP contribution in [0.5, 0.6) is 0 Å². The van der Waals surface area contributed by atoms with Gasteiger partial charge in [-0.25, -0.2) is 9.07 Å². The summed E-state index contributed by atoms with van der Waals surface area (Å²) in [6, 6.07) is 9.67. The number of aromatic nitrogens is 3. The number of rotatable bonds is 5. The lowest BCUT2D eigenvalue weighted by atomic mass is 10.2. The molecule has 0 aliphatic carbocycles. The zero-order valence-electron chi connectivity index (χ0n) is 12.2. The van der Waals surface area contributed by atoms with Crippen LogP contribution in [0, 0.1) is 5.82 Å². The third-order valence-corrected chi connectivity index (χ3v) is 3.53.